The van der Waals surface area contributed by atoms with Crippen LogP contribution in [-0.2, 0) is 17.1 Å². The first-order valence-electron chi connectivity index (χ1n) is 9.28. The molecule has 2 heteroatoms. The Kier molecular flexibility index (Phi) is 7.56. The summed E-state index contributed by atoms with van der Waals surface area (Å²) in [5, 5.41) is 2.57. The van der Waals surface area contributed by atoms with Gasteiger partial charge in [0.25, 0.3) is 0 Å². The number of hydrogen-bond donors (Lipinski definition) is 0. The summed E-state index contributed by atoms with van der Waals surface area (Å²) in [7, 11) is 0. The molecule has 134 valence electrons. The molecule has 0 spiro atoms. The molecule has 1 atom stereocenters. The second kappa shape index (κ2) is 9.89. The molecule has 0 N–H and O–H groups in total. The average molecular weight is 393 g/mol. The van der Waals surface area contributed by atoms with Crippen LogP contribution in [0.4, 0.5) is 0 Å². The molecule has 4 rings (SSSR count). The average Bonchev–Trinajstić information content (AvgIpc) is 3.38. The minimum absolute atomic E-state index is 0. The fourth-order valence-corrected chi connectivity index (χ4v) is 3.61. The predicted octanol–water partition coefficient (Wildman–Crippen LogP) is 5.93. The van der Waals surface area contributed by atoms with Crippen molar-refractivity contribution in [2.45, 2.75) is 25.8 Å². The third-order valence-electron chi connectivity index (χ3n) is 5.00. The zero-order valence-electron chi connectivity index (χ0n) is 15.5. The van der Waals surface area contributed by atoms with Crippen LogP contribution in [0.5, 0.6) is 0 Å². The zero-order chi connectivity index (χ0) is 17.8. The van der Waals surface area contributed by atoms with Crippen molar-refractivity contribution < 1.29 is 17.1 Å². The van der Waals surface area contributed by atoms with Crippen LogP contribution in [0.15, 0.2) is 47.5 Å². The van der Waals surface area contributed by atoms with Gasteiger partial charge < -0.3 is 0 Å². The summed E-state index contributed by atoms with van der Waals surface area (Å²) in [6, 6.07) is 15.2. The molecule has 0 unspecified atom stereocenters. The molecule has 2 fully saturated rings. The molecule has 0 bridgehead atoms. The minimum Gasteiger partial charge on any atom is -0.286 e. The summed E-state index contributed by atoms with van der Waals surface area (Å²) in [5.41, 5.74) is 2.48. The molecule has 0 aliphatic heterocycles. The minimum atomic E-state index is 0. The van der Waals surface area contributed by atoms with Gasteiger partial charge in [0.2, 0.25) is 0 Å². The molecule has 2 aliphatic carbocycles. The molecule has 1 nitrogen and oxygen atoms in total. The van der Waals surface area contributed by atoms with Gasteiger partial charge in [0, 0.05) is 11.6 Å². The van der Waals surface area contributed by atoms with E-state index in [1.165, 1.54) is 33.9 Å². The second-order valence-electron chi connectivity index (χ2n) is 6.79. The van der Waals surface area contributed by atoms with Gasteiger partial charge in [0.15, 0.2) is 0 Å². The SMILES string of the molecule is C[C@H](N=C(CC[C]1[CH][CH][CH][CH]1)[C]1[CH][CH][CH][CH]1)c1cccc2ccccc12.[Fe+2]. The van der Waals surface area contributed by atoms with Gasteiger partial charge in [0.05, 0.1) is 6.04 Å². The van der Waals surface area contributed by atoms with E-state index >= 15 is 0 Å². The molecular formula is C25H23FeN+2. The Labute approximate surface area is 175 Å². The third-order valence-corrected chi connectivity index (χ3v) is 5.00. The predicted molar refractivity (Wildman–Crippen MR) is 110 cm³/mol. The Bertz CT molecular complexity index is 749. The van der Waals surface area contributed by atoms with Crippen molar-refractivity contribution in [3.05, 3.63) is 111 Å². The van der Waals surface area contributed by atoms with E-state index in [4.69, 9.17) is 4.99 Å². The monoisotopic (exact) mass is 393 g/mol. The Morgan fingerprint density at radius 1 is 0.852 bits per heavy atom. The summed E-state index contributed by atoms with van der Waals surface area (Å²) < 4.78 is 0. The van der Waals surface area contributed by atoms with Crippen molar-refractivity contribution in [3.63, 3.8) is 0 Å². The van der Waals surface area contributed by atoms with Crippen LogP contribution in [-0.4, -0.2) is 5.71 Å². The van der Waals surface area contributed by atoms with E-state index in [9.17, 15) is 0 Å². The van der Waals surface area contributed by atoms with Crippen LogP contribution in [0.1, 0.15) is 31.4 Å². The Morgan fingerprint density at radius 3 is 2.30 bits per heavy atom. The van der Waals surface area contributed by atoms with Gasteiger partial charge in [-0.3, -0.25) is 4.99 Å². The Hall–Kier alpha value is -1.11. The zero-order valence-corrected chi connectivity index (χ0v) is 16.6. The fourth-order valence-electron chi connectivity index (χ4n) is 3.61. The second-order valence-corrected chi connectivity index (χ2v) is 6.79. The van der Waals surface area contributed by atoms with E-state index in [-0.39, 0.29) is 23.1 Å². The van der Waals surface area contributed by atoms with Crippen LogP contribution < -0.4 is 0 Å². The largest absolute Gasteiger partial charge is 2.00 e. The first kappa shape index (κ1) is 20.6. The van der Waals surface area contributed by atoms with Crippen molar-refractivity contribution in [2.24, 2.45) is 4.99 Å². The summed E-state index contributed by atoms with van der Waals surface area (Å²) in [6.45, 7) is 2.20. The number of rotatable bonds is 6. The summed E-state index contributed by atoms with van der Waals surface area (Å²) in [4.78, 5) is 5.16. The van der Waals surface area contributed by atoms with Gasteiger partial charge in [-0.2, -0.15) is 0 Å². The van der Waals surface area contributed by atoms with E-state index in [1.54, 1.807) is 0 Å². The number of hydrogen-bond acceptors (Lipinski definition) is 1. The van der Waals surface area contributed by atoms with Crippen LogP contribution in [0.3, 0.4) is 0 Å². The van der Waals surface area contributed by atoms with Crippen molar-refractivity contribution in [1.82, 2.24) is 0 Å². The molecule has 10 radical (unpaired) electrons. The van der Waals surface area contributed by atoms with Crippen molar-refractivity contribution in [1.29, 1.82) is 0 Å². The number of benzene rings is 2. The maximum atomic E-state index is 5.16. The smallest absolute Gasteiger partial charge is 0.286 e. The Balaban J connectivity index is 0.00000210. The third kappa shape index (κ3) is 5.04. The van der Waals surface area contributed by atoms with Crippen LogP contribution >= 0.6 is 0 Å². The maximum Gasteiger partial charge on any atom is 2.00 e. The topological polar surface area (TPSA) is 12.4 Å². The van der Waals surface area contributed by atoms with Gasteiger partial charge in [0.1, 0.15) is 0 Å². The van der Waals surface area contributed by atoms with Crippen molar-refractivity contribution in [3.8, 4) is 0 Å². The van der Waals surface area contributed by atoms with Gasteiger partial charge in [-0.05, 0) is 93.4 Å². The van der Waals surface area contributed by atoms with E-state index < -0.39 is 0 Å². The molecule has 0 saturated heterocycles. The molecule has 2 saturated carbocycles. The van der Waals surface area contributed by atoms with Crippen molar-refractivity contribution in [2.75, 3.05) is 0 Å². The summed E-state index contributed by atoms with van der Waals surface area (Å²) in [5.74, 6) is 2.62. The van der Waals surface area contributed by atoms with Crippen LogP contribution in [0, 0.1) is 63.2 Å². The number of fused-ring (bicyclic) bond motifs is 1. The maximum absolute atomic E-state index is 5.16. The molecule has 2 aromatic carbocycles. The Morgan fingerprint density at radius 2 is 1.52 bits per heavy atom. The first-order chi connectivity index (χ1) is 12.8. The van der Waals surface area contributed by atoms with Gasteiger partial charge in [-0.1, -0.05) is 42.5 Å². The van der Waals surface area contributed by atoms with Gasteiger partial charge >= 0.3 is 17.1 Å². The van der Waals surface area contributed by atoms with Crippen LogP contribution in [0.2, 0.25) is 0 Å². The molecule has 27 heavy (non-hydrogen) atoms. The van der Waals surface area contributed by atoms with E-state index in [2.05, 4.69) is 101 Å². The summed E-state index contributed by atoms with van der Waals surface area (Å²) >= 11 is 0. The quantitative estimate of drug-likeness (QED) is 0.426. The molecule has 2 aromatic rings. The summed E-state index contributed by atoms with van der Waals surface area (Å²) in [6.07, 6.45) is 19.1. The number of nitrogens with zero attached hydrogens (tertiary/aromatic N) is 1. The molecule has 0 aromatic heterocycles. The van der Waals surface area contributed by atoms with Crippen LogP contribution in [0.25, 0.3) is 10.8 Å². The number of aliphatic imine (C=N–C) groups is 1. The first-order valence-corrected chi connectivity index (χ1v) is 9.28. The van der Waals surface area contributed by atoms with E-state index in [0.717, 1.165) is 12.8 Å². The fraction of sp³-hybridized carbons (Fsp3) is 0.160. The van der Waals surface area contributed by atoms with Gasteiger partial charge in [-0.25, -0.2) is 0 Å². The normalized spacial score (nSPS) is 20.1. The van der Waals surface area contributed by atoms with Gasteiger partial charge in [-0.15, -0.1) is 0 Å². The molecular weight excluding hydrogens is 370 g/mol. The van der Waals surface area contributed by atoms with E-state index in [1.807, 2.05) is 0 Å². The van der Waals surface area contributed by atoms with Crippen molar-refractivity contribution >= 4 is 16.5 Å². The standard InChI is InChI=1S/C25H23N.Fe/c1-19(23-16-8-14-21-11-6-7-15-24(21)23)26-25(22-12-4-5-13-22)18-17-20-9-2-3-10-20;/h2-16,19H,17-18H2,1H3;/q;+2/t19-;/m0./s1. The molecule has 0 heterocycles. The van der Waals surface area contributed by atoms with E-state index in [0.29, 0.717) is 0 Å². The molecule has 0 amide bonds. The molecule has 2 aliphatic rings.